The first-order chi connectivity index (χ1) is 10.1. The summed E-state index contributed by atoms with van der Waals surface area (Å²) < 4.78 is 12.9. The van der Waals surface area contributed by atoms with Crippen LogP contribution in [0.3, 0.4) is 0 Å². The molecule has 1 aromatic rings. The molecule has 2 rings (SSSR count). The van der Waals surface area contributed by atoms with Crippen molar-refractivity contribution in [3.8, 4) is 6.07 Å². The molecule has 0 spiro atoms. The van der Waals surface area contributed by atoms with Gasteiger partial charge >= 0.3 is 0 Å². The van der Waals surface area contributed by atoms with Crippen molar-refractivity contribution in [3.63, 3.8) is 0 Å². The molecule has 5 heteroatoms. The van der Waals surface area contributed by atoms with Crippen LogP contribution in [0.4, 0.5) is 10.1 Å². The molecular weight excluding hydrogens is 267 g/mol. The van der Waals surface area contributed by atoms with E-state index >= 15 is 0 Å². The summed E-state index contributed by atoms with van der Waals surface area (Å²) in [7, 11) is 0. The van der Waals surface area contributed by atoms with Gasteiger partial charge in [0.05, 0.1) is 6.07 Å². The maximum absolute atomic E-state index is 12.9. The van der Waals surface area contributed by atoms with Crippen molar-refractivity contribution in [3.05, 3.63) is 30.1 Å². The Balaban J connectivity index is 1.88. The van der Waals surface area contributed by atoms with Gasteiger partial charge in [0.1, 0.15) is 11.4 Å². The van der Waals surface area contributed by atoms with E-state index in [1.165, 1.54) is 12.1 Å². The Kier molecular flexibility index (Phi) is 5.16. The van der Waals surface area contributed by atoms with Gasteiger partial charge in [-0.3, -0.25) is 10.2 Å². The molecule has 0 saturated carbocycles. The molecule has 1 aromatic carbocycles. The quantitative estimate of drug-likeness (QED) is 0.898. The van der Waals surface area contributed by atoms with Gasteiger partial charge in [0.25, 0.3) is 0 Å². The summed E-state index contributed by atoms with van der Waals surface area (Å²) in [5, 5.41) is 12.6. The van der Waals surface area contributed by atoms with Gasteiger partial charge in [-0.2, -0.15) is 5.26 Å². The molecule has 1 fully saturated rings. The van der Waals surface area contributed by atoms with Crippen LogP contribution in [0.25, 0.3) is 0 Å². The van der Waals surface area contributed by atoms with Crippen molar-refractivity contribution >= 4 is 5.69 Å². The van der Waals surface area contributed by atoms with E-state index in [-0.39, 0.29) is 5.82 Å². The van der Waals surface area contributed by atoms with Gasteiger partial charge in [-0.25, -0.2) is 4.39 Å². The highest BCUT2D eigenvalue weighted by Crippen LogP contribution is 2.17. The number of nitrogens with one attached hydrogen (secondary N) is 1. The molecule has 4 nitrogen and oxygen atoms in total. The van der Waals surface area contributed by atoms with Crippen LogP contribution in [0.15, 0.2) is 24.3 Å². The molecule has 1 atom stereocenters. The van der Waals surface area contributed by atoms with Crippen LogP contribution in [-0.2, 0) is 0 Å². The maximum Gasteiger partial charge on any atom is 0.123 e. The fourth-order valence-corrected chi connectivity index (χ4v) is 2.78. The van der Waals surface area contributed by atoms with E-state index < -0.39 is 5.54 Å². The van der Waals surface area contributed by atoms with Crippen LogP contribution >= 0.6 is 0 Å². The lowest BCUT2D eigenvalue weighted by atomic mass is 10.0. The van der Waals surface area contributed by atoms with E-state index in [0.717, 1.165) is 45.0 Å². The van der Waals surface area contributed by atoms with Crippen LogP contribution in [-0.4, -0.2) is 49.7 Å². The first kappa shape index (κ1) is 15.7. The van der Waals surface area contributed by atoms with Gasteiger partial charge in [-0.1, -0.05) is 6.92 Å². The molecule has 114 valence electrons. The van der Waals surface area contributed by atoms with E-state index in [2.05, 4.69) is 21.2 Å². The van der Waals surface area contributed by atoms with Crippen molar-refractivity contribution in [1.29, 1.82) is 5.26 Å². The maximum atomic E-state index is 12.9. The molecule has 0 bridgehead atoms. The highest BCUT2D eigenvalue weighted by molar-refractivity contribution is 5.46. The highest BCUT2D eigenvalue weighted by Gasteiger charge is 2.27. The summed E-state index contributed by atoms with van der Waals surface area (Å²) in [5.41, 5.74) is 0.568. The second-order valence-electron chi connectivity index (χ2n) is 5.71. The normalized spacial score (nSPS) is 19.0. The van der Waals surface area contributed by atoms with Crippen molar-refractivity contribution in [2.75, 3.05) is 44.2 Å². The van der Waals surface area contributed by atoms with Crippen molar-refractivity contribution in [1.82, 2.24) is 10.2 Å². The largest absolute Gasteiger partial charge is 0.369 e. The van der Waals surface area contributed by atoms with Crippen LogP contribution < -0.4 is 10.2 Å². The number of likely N-dealkylation sites (N-methyl/N-ethyl adjacent to an activating group) is 1. The van der Waals surface area contributed by atoms with Gasteiger partial charge in [0.15, 0.2) is 0 Å². The van der Waals surface area contributed by atoms with Crippen molar-refractivity contribution in [2.24, 2.45) is 0 Å². The van der Waals surface area contributed by atoms with Crippen molar-refractivity contribution < 1.29 is 4.39 Å². The number of hydrogen-bond acceptors (Lipinski definition) is 4. The Morgan fingerprint density at radius 1 is 1.24 bits per heavy atom. The summed E-state index contributed by atoms with van der Waals surface area (Å²) in [6.45, 7) is 9.12. The predicted octanol–water partition coefficient (Wildman–Crippen LogP) is 1.84. The fraction of sp³-hybridized carbons (Fsp3) is 0.562. The third-order valence-electron chi connectivity index (χ3n) is 3.92. The lowest BCUT2D eigenvalue weighted by Crippen LogP contribution is -2.55. The summed E-state index contributed by atoms with van der Waals surface area (Å²) in [6.07, 6.45) is 0. The zero-order chi connectivity index (χ0) is 15.3. The van der Waals surface area contributed by atoms with E-state index in [1.807, 2.05) is 26.0 Å². The molecule has 0 amide bonds. The third kappa shape index (κ3) is 4.16. The van der Waals surface area contributed by atoms with Gasteiger partial charge in [0, 0.05) is 38.4 Å². The lowest BCUT2D eigenvalue weighted by molar-refractivity contribution is 0.210. The average molecular weight is 290 g/mol. The lowest BCUT2D eigenvalue weighted by Gasteiger charge is -2.39. The van der Waals surface area contributed by atoms with Crippen LogP contribution in [0.1, 0.15) is 13.8 Å². The van der Waals surface area contributed by atoms with E-state index in [0.29, 0.717) is 0 Å². The molecule has 1 unspecified atom stereocenters. The number of hydrogen-bond donors (Lipinski definition) is 1. The molecule has 1 heterocycles. The van der Waals surface area contributed by atoms with Gasteiger partial charge in [0.2, 0.25) is 0 Å². The third-order valence-corrected chi connectivity index (χ3v) is 3.92. The number of benzene rings is 1. The fourth-order valence-electron chi connectivity index (χ4n) is 2.78. The first-order valence-electron chi connectivity index (χ1n) is 7.45. The monoisotopic (exact) mass is 290 g/mol. The molecule has 0 aliphatic carbocycles. The molecule has 0 radical (unpaired) electrons. The minimum Gasteiger partial charge on any atom is -0.369 e. The molecular formula is C16H23FN4. The zero-order valence-corrected chi connectivity index (χ0v) is 12.8. The zero-order valence-electron chi connectivity index (χ0n) is 12.8. The van der Waals surface area contributed by atoms with E-state index in [1.54, 1.807) is 0 Å². The molecule has 0 aromatic heterocycles. The van der Waals surface area contributed by atoms with E-state index in [4.69, 9.17) is 0 Å². The molecule has 1 saturated heterocycles. The highest BCUT2D eigenvalue weighted by atomic mass is 19.1. The van der Waals surface area contributed by atoms with Gasteiger partial charge in [-0.05, 0) is 37.7 Å². The number of anilines is 1. The second kappa shape index (κ2) is 6.88. The smallest absolute Gasteiger partial charge is 0.123 e. The summed E-state index contributed by atoms with van der Waals surface area (Å²) >= 11 is 0. The van der Waals surface area contributed by atoms with Crippen LogP contribution in [0.2, 0.25) is 0 Å². The molecule has 21 heavy (non-hydrogen) atoms. The van der Waals surface area contributed by atoms with Crippen molar-refractivity contribution in [2.45, 2.75) is 19.4 Å². The molecule has 1 aliphatic rings. The Labute approximate surface area is 126 Å². The average Bonchev–Trinajstić information content (AvgIpc) is 2.49. The van der Waals surface area contributed by atoms with Gasteiger partial charge < -0.3 is 4.90 Å². The second-order valence-corrected chi connectivity index (χ2v) is 5.71. The number of halogens is 1. The standard InChI is InChI=1S/C16H23FN4/c1-3-19-16(2,12-18)13-20-8-10-21(11-9-20)15-6-4-14(17)5-7-15/h4-7,19H,3,8-11,13H2,1-2H3. The Bertz CT molecular complexity index is 488. The Hall–Kier alpha value is -1.64. The number of piperazine rings is 1. The Morgan fingerprint density at radius 3 is 2.38 bits per heavy atom. The van der Waals surface area contributed by atoms with E-state index in [9.17, 15) is 9.65 Å². The van der Waals surface area contributed by atoms with Gasteiger partial charge in [-0.15, -0.1) is 0 Å². The number of nitriles is 1. The summed E-state index contributed by atoms with van der Waals surface area (Å²) in [5.74, 6) is -0.201. The molecule has 1 N–H and O–H groups in total. The summed E-state index contributed by atoms with van der Waals surface area (Å²) in [4.78, 5) is 4.57. The van der Waals surface area contributed by atoms with Crippen LogP contribution in [0, 0.1) is 17.1 Å². The minimum absolute atomic E-state index is 0.201. The first-order valence-corrected chi connectivity index (χ1v) is 7.45. The number of rotatable bonds is 5. The Morgan fingerprint density at radius 2 is 1.86 bits per heavy atom. The molecule has 1 aliphatic heterocycles. The summed E-state index contributed by atoms with van der Waals surface area (Å²) in [6, 6.07) is 9.01. The van der Waals surface area contributed by atoms with Crippen LogP contribution in [0.5, 0.6) is 0 Å². The topological polar surface area (TPSA) is 42.3 Å². The minimum atomic E-state index is -0.493. The number of nitrogens with zero attached hydrogens (tertiary/aromatic N) is 3. The SMILES string of the molecule is CCNC(C)(C#N)CN1CCN(c2ccc(F)cc2)CC1. The predicted molar refractivity (Wildman–Crippen MR) is 82.7 cm³/mol.